The quantitative estimate of drug-likeness (QED) is 0.643. The van der Waals surface area contributed by atoms with Crippen molar-refractivity contribution in [2.24, 2.45) is 0 Å². The Morgan fingerprint density at radius 1 is 1.74 bits per heavy atom. The minimum absolute atomic E-state index is 0.0550. The highest BCUT2D eigenvalue weighted by molar-refractivity contribution is 5.65. The van der Waals surface area contributed by atoms with E-state index < -0.39 is 4.92 Å². The van der Waals surface area contributed by atoms with Crippen molar-refractivity contribution >= 4 is 11.5 Å². The molecule has 1 aliphatic rings. The zero-order valence-corrected chi connectivity index (χ0v) is 10.7. The number of pyridine rings is 1. The van der Waals surface area contributed by atoms with Gasteiger partial charge in [0.1, 0.15) is 11.6 Å². The maximum Gasteiger partial charge on any atom is 0.329 e. The van der Waals surface area contributed by atoms with Gasteiger partial charge in [0.25, 0.3) is 0 Å². The summed E-state index contributed by atoms with van der Waals surface area (Å²) in [7, 11) is 0. The Labute approximate surface area is 111 Å². The Balaban J connectivity index is 2.47. The van der Waals surface area contributed by atoms with E-state index in [4.69, 9.17) is 5.26 Å². The molecule has 7 nitrogen and oxygen atoms in total. The number of rotatable bonds is 4. The second-order valence-electron chi connectivity index (χ2n) is 4.33. The van der Waals surface area contributed by atoms with Gasteiger partial charge in [0, 0.05) is 25.3 Å². The van der Waals surface area contributed by atoms with Crippen LogP contribution >= 0.6 is 0 Å². The lowest BCUT2D eigenvalue weighted by Gasteiger charge is -2.27. The summed E-state index contributed by atoms with van der Waals surface area (Å²) in [4.78, 5) is 16.7. The van der Waals surface area contributed by atoms with E-state index in [0.29, 0.717) is 12.4 Å². The van der Waals surface area contributed by atoms with E-state index in [-0.39, 0.29) is 17.3 Å². The number of nitro groups is 1. The predicted octanol–water partition coefficient (Wildman–Crippen LogP) is 1.05. The molecule has 1 saturated heterocycles. The Morgan fingerprint density at radius 2 is 2.53 bits per heavy atom. The molecular formula is C12H15N5O2. The summed E-state index contributed by atoms with van der Waals surface area (Å²) in [6.07, 6.45) is 2.37. The molecule has 1 atom stereocenters. The number of nitrogens with zero attached hydrogens (tertiary/aromatic N) is 4. The van der Waals surface area contributed by atoms with Crippen molar-refractivity contribution in [3.05, 3.63) is 27.9 Å². The van der Waals surface area contributed by atoms with Crippen molar-refractivity contribution < 1.29 is 4.92 Å². The Morgan fingerprint density at radius 3 is 3.05 bits per heavy atom. The van der Waals surface area contributed by atoms with E-state index in [1.54, 1.807) is 0 Å². The van der Waals surface area contributed by atoms with E-state index in [0.717, 1.165) is 19.5 Å². The molecule has 1 aromatic rings. The number of aromatic nitrogens is 1. The fraction of sp³-hybridized carbons (Fsp3) is 0.500. The molecule has 19 heavy (non-hydrogen) atoms. The van der Waals surface area contributed by atoms with Crippen molar-refractivity contribution in [3.63, 3.8) is 0 Å². The minimum Gasteiger partial charge on any atom is -0.347 e. The van der Waals surface area contributed by atoms with Gasteiger partial charge in [-0.2, -0.15) is 5.26 Å². The predicted molar refractivity (Wildman–Crippen MR) is 69.9 cm³/mol. The fourth-order valence-electron chi connectivity index (χ4n) is 2.41. The van der Waals surface area contributed by atoms with Crippen LogP contribution in [0.5, 0.6) is 0 Å². The summed E-state index contributed by atoms with van der Waals surface area (Å²) >= 11 is 0. The molecule has 1 unspecified atom stereocenters. The molecule has 0 bridgehead atoms. The molecule has 100 valence electrons. The number of nitrogens with one attached hydrogen (secondary N) is 1. The van der Waals surface area contributed by atoms with Crippen LogP contribution < -0.4 is 10.2 Å². The van der Waals surface area contributed by atoms with Crippen LogP contribution in [0.2, 0.25) is 0 Å². The SMILES string of the molecule is CCN(c1nccc(C#N)c1[N+](=O)[O-])C1CCNC1. The molecule has 1 fully saturated rings. The van der Waals surface area contributed by atoms with Crippen LogP contribution in [0.25, 0.3) is 0 Å². The molecule has 0 spiro atoms. The first-order valence-electron chi connectivity index (χ1n) is 6.19. The summed E-state index contributed by atoms with van der Waals surface area (Å²) in [6, 6.07) is 3.43. The van der Waals surface area contributed by atoms with Crippen molar-refractivity contribution in [1.82, 2.24) is 10.3 Å². The standard InChI is InChI=1S/C12H15N5O2/c1-2-16(10-4-5-14-8-10)12-11(17(18)19)9(7-13)3-6-15-12/h3,6,10,14H,2,4-5,8H2,1H3. The Hall–Kier alpha value is -2.20. The molecule has 0 radical (unpaired) electrons. The molecule has 0 saturated carbocycles. The topological polar surface area (TPSA) is 95.1 Å². The van der Waals surface area contributed by atoms with Gasteiger partial charge in [0.05, 0.1) is 4.92 Å². The molecule has 1 N–H and O–H groups in total. The van der Waals surface area contributed by atoms with Gasteiger partial charge in [-0.1, -0.05) is 0 Å². The molecular weight excluding hydrogens is 246 g/mol. The normalized spacial score (nSPS) is 18.0. The van der Waals surface area contributed by atoms with E-state index in [2.05, 4.69) is 10.3 Å². The van der Waals surface area contributed by atoms with Crippen LogP contribution in [0.4, 0.5) is 11.5 Å². The average Bonchev–Trinajstić information content (AvgIpc) is 2.93. The first-order chi connectivity index (χ1) is 9.19. The smallest absolute Gasteiger partial charge is 0.329 e. The van der Waals surface area contributed by atoms with Gasteiger partial charge >= 0.3 is 5.69 Å². The lowest BCUT2D eigenvalue weighted by Crippen LogP contribution is -2.37. The lowest BCUT2D eigenvalue weighted by atomic mass is 10.1. The van der Waals surface area contributed by atoms with E-state index in [9.17, 15) is 10.1 Å². The second-order valence-corrected chi connectivity index (χ2v) is 4.33. The van der Waals surface area contributed by atoms with Gasteiger partial charge < -0.3 is 10.2 Å². The molecule has 0 aliphatic carbocycles. The summed E-state index contributed by atoms with van der Waals surface area (Å²) in [5, 5.41) is 23.4. The zero-order valence-electron chi connectivity index (χ0n) is 10.7. The van der Waals surface area contributed by atoms with Crippen molar-refractivity contribution in [1.29, 1.82) is 5.26 Å². The van der Waals surface area contributed by atoms with Crippen LogP contribution in [-0.4, -0.2) is 35.6 Å². The molecule has 1 aliphatic heterocycles. The molecule has 1 aromatic heterocycles. The van der Waals surface area contributed by atoms with Gasteiger partial charge in [0.15, 0.2) is 0 Å². The van der Waals surface area contributed by atoms with Crippen LogP contribution in [0.3, 0.4) is 0 Å². The van der Waals surface area contributed by atoms with E-state index in [1.807, 2.05) is 17.9 Å². The highest BCUT2D eigenvalue weighted by Crippen LogP contribution is 2.31. The summed E-state index contributed by atoms with van der Waals surface area (Å²) in [5.41, 5.74) is -0.141. The number of hydrogen-bond donors (Lipinski definition) is 1. The minimum atomic E-state index is -0.522. The third-order valence-corrected chi connectivity index (χ3v) is 3.30. The maximum atomic E-state index is 11.2. The zero-order chi connectivity index (χ0) is 13.8. The second kappa shape index (κ2) is 5.63. The maximum absolute atomic E-state index is 11.2. The Kier molecular flexibility index (Phi) is 3.92. The van der Waals surface area contributed by atoms with Crippen molar-refractivity contribution in [3.8, 4) is 6.07 Å². The molecule has 7 heteroatoms. The molecule has 2 heterocycles. The van der Waals surface area contributed by atoms with Crippen LogP contribution in [-0.2, 0) is 0 Å². The number of hydrogen-bond acceptors (Lipinski definition) is 6. The van der Waals surface area contributed by atoms with Gasteiger partial charge in [-0.15, -0.1) is 0 Å². The fourth-order valence-corrected chi connectivity index (χ4v) is 2.41. The summed E-state index contributed by atoms with van der Waals surface area (Å²) in [5.74, 6) is 0.292. The van der Waals surface area contributed by atoms with Crippen LogP contribution in [0, 0.1) is 21.4 Å². The number of likely N-dealkylation sites (N-methyl/N-ethyl adjacent to an activating group) is 1. The van der Waals surface area contributed by atoms with Gasteiger partial charge in [-0.25, -0.2) is 4.98 Å². The first kappa shape index (κ1) is 13.2. The van der Waals surface area contributed by atoms with Gasteiger partial charge in [-0.05, 0) is 26.0 Å². The number of anilines is 1. The third kappa shape index (κ3) is 2.48. The Bertz CT molecular complexity index is 519. The molecule has 0 amide bonds. The molecule has 2 rings (SSSR count). The number of nitriles is 1. The average molecular weight is 261 g/mol. The molecule has 0 aromatic carbocycles. The highest BCUT2D eigenvalue weighted by atomic mass is 16.6. The summed E-state index contributed by atoms with van der Waals surface area (Å²) in [6.45, 7) is 4.23. The van der Waals surface area contributed by atoms with Gasteiger partial charge in [0.2, 0.25) is 5.82 Å². The largest absolute Gasteiger partial charge is 0.347 e. The van der Waals surface area contributed by atoms with Crippen LogP contribution in [0.1, 0.15) is 18.9 Å². The van der Waals surface area contributed by atoms with Crippen LogP contribution in [0.15, 0.2) is 12.3 Å². The first-order valence-corrected chi connectivity index (χ1v) is 6.19. The van der Waals surface area contributed by atoms with Crippen molar-refractivity contribution in [2.45, 2.75) is 19.4 Å². The van der Waals surface area contributed by atoms with Crippen molar-refractivity contribution in [2.75, 3.05) is 24.5 Å². The van der Waals surface area contributed by atoms with E-state index >= 15 is 0 Å². The lowest BCUT2D eigenvalue weighted by molar-refractivity contribution is -0.384. The monoisotopic (exact) mass is 261 g/mol. The van der Waals surface area contributed by atoms with Gasteiger partial charge in [-0.3, -0.25) is 10.1 Å². The third-order valence-electron chi connectivity index (χ3n) is 3.30. The highest BCUT2D eigenvalue weighted by Gasteiger charge is 2.30. The van der Waals surface area contributed by atoms with E-state index in [1.165, 1.54) is 12.3 Å². The summed E-state index contributed by atoms with van der Waals surface area (Å²) < 4.78 is 0.